The van der Waals surface area contributed by atoms with Gasteiger partial charge in [0.1, 0.15) is 0 Å². The van der Waals surface area contributed by atoms with Crippen molar-refractivity contribution in [1.82, 2.24) is 9.13 Å². The number of aromatic nitrogens is 2. The summed E-state index contributed by atoms with van der Waals surface area (Å²) in [5.74, 6) is 0. The van der Waals surface area contributed by atoms with Crippen LogP contribution < -0.4 is 0 Å². The molecule has 17 aromatic rings. The van der Waals surface area contributed by atoms with Crippen molar-refractivity contribution in [2.24, 2.45) is 0 Å². The fourth-order valence-electron chi connectivity index (χ4n) is 13.8. The molecule has 0 aliphatic rings. The molecule has 0 saturated carbocycles. The van der Waals surface area contributed by atoms with Crippen molar-refractivity contribution in [3.05, 3.63) is 279 Å². The molecule has 79 heavy (non-hydrogen) atoms. The van der Waals surface area contributed by atoms with Crippen LogP contribution in [-0.4, -0.2) is 23.6 Å². The summed E-state index contributed by atoms with van der Waals surface area (Å²) in [5.41, 5.74) is 17.3. The molecule has 3 heterocycles. The molecule has 3 heteroatoms. The van der Waals surface area contributed by atoms with E-state index in [4.69, 9.17) is 0 Å². The van der Waals surface area contributed by atoms with Gasteiger partial charge in [0, 0.05) is 0 Å². The molecule has 0 aliphatic carbocycles. The fraction of sp³-hybridized carbons (Fsp3) is 0. The third-order valence-electron chi connectivity index (χ3n) is 16.9. The van der Waals surface area contributed by atoms with Gasteiger partial charge in [-0.3, -0.25) is 0 Å². The van der Waals surface area contributed by atoms with Gasteiger partial charge in [0.15, 0.2) is 0 Å². The van der Waals surface area contributed by atoms with E-state index in [9.17, 15) is 0 Å². The average molecular weight is 1070 g/mol. The first-order valence-electron chi connectivity index (χ1n) is 27.3. The average Bonchev–Trinajstić information content (AvgIpc) is 4.09. The van der Waals surface area contributed by atoms with Gasteiger partial charge in [-0.2, -0.15) is 0 Å². The summed E-state index contributed by atoms with van der Waals surface area (Å²) in [4.78, 5) is 0. The minimum Gasteiger partial charge on any atom is -0.0602 e. The Hall–Kier alpha value is -9.76. The van der Waals surface area contributed by atoms with Gasteiger partial charge in [-0.1, -0.05) is 66.7 Å². The maximum Gasteiger partial charge on any atom is -0.0380 e. The summed E-state index contributed by atoms with van der Waals surface area (Å²) >= 11 is 0.134. The molecule has 14 aromatic carbocycles. The van der Waals surface area contributed by atoms with Crippen LogP contribution in [0.15, 0.2) is 279 Å². The van der Waals surface area contributed by atoms with Crippen LogP contribution in [0.4, 0.5) is 0 Å². The Morgan fingerprint density at radius 1 is 0.228 bits per heavy atom. The standard InChI is InChI=1S/C76H46N2Se/c1-3-22-48(23-4-1)77-66-41-17-15-26-50(66)60-36-19-39-63(75(60)77)72-54-30-9-7-28-52(54)70(53-29-8-10-31-55(53)72)47-44-45-68-65(46-47)74-62(38-21-43-69(74)79-68)71-56-32-11-13-34-58(56)73(59-35-14-12-33-57(59)71)64-40-20-37-61-51-27-16-18-42-67(51)78(76(61)64)49-24-5-2-6-25-49/h1-46H. The van der Waals surface area contributed by atoms with Crippen LogP contribution >= 0.6 is 0 Å². The Morgan fingerprint density at radius 3 is 1.04 bits per heavy atom. The van der Waals surface area contributed by atoms with Gasteiger partial charge in [0.2, 0.25) is 0 Å². The first-order valence-corrected chi connectivity index (χ1v) is 29.0. The first-order chi connectivity index (χ1) is 39.3. The molecule has 0 fully saturated rings. The normalized spacial score (nSPS) is 12.1. The number of nitrogens with zero attached hydrogens (tertiary/aromatic N) is 2. The molecule has 3 aromatic heterocycles. The minimum absolute atomic E-state index is 0.134. The zero-order chi connectivity index (χ0) is 51.7. The zero-order valence-electron chi connectivity index (χ0n) is 42.9. The van der Waals surface area contributed by atoms with Crippen LogP contribution in [0.2, 0.25) is 0 Å². The summed E-state index contributed by atoms with van der Waals surface area (Å²) in [5, 5.41) is 17.7. The van der Waals surface area contributed by atoms with Gasteiger partial charge in [0.25, 0.3) is 0 Å². The van der Waals surface area contributed by atoms with E-state index in [1.54, 1.807) is 0 Å². The topological polar surface area (TPSA) is 9.86 Å². The van der Waals surface area contributed by atoms with E-state index in [0.717, 1.165) is 11.4 Å². The fourth-order valence-corrected chi connectivity index (χ4v) is 16.1. The molecule has 0 saturated heterocycles. The molecule has 0 spiro atoms. The van der Waals surface area contributed by atoms with Crippen LogP contribution in [0.25, 0.3) is 162 Å². The first kappa shape index (κ1) is 44.4. The summed E-state index contributed by atoms with van der Waals surface area (Å²) in [6, 6.07) is 104. The second kappa shape index (κ2) is 17.4. The van der Waals surface area contributed by atoms with Gasteiger partial charge < -0.3 is 0 Å². The Morgan fingerprint density at radius 2 is 0.582 bits per heavy atom. The van der Waals surface area contributed by atoms with Crippen LogP contribution in [0, 0.1) is 0 Å². The molecule has 0 unspecified atom stereocenters. The minimum atomic E-state index is 0.134. The summed E-state index contributed by atoms with van der Waals surface area (Å²) in [6.45, 7) is 0. The quantitative estimate of drug-likeness (QED) is 0.116. The smallest absolute Gasteiger partial charge is 0.0380 e. The monoisotopic (exact) mass is 1070 g/mol. The predicted molar refractivity (Wildman–Crippen MR) is 339 cm³/mol. The predicted octanol–water partition coefficient (Wildman–Crippen LogP) is 20.5. The molecule has 2 nitrogen and oxygen atoms in total. The molecule has 0 amide bonds. The van der Waals surface area contributed by atoms with Crippen LogP contribution in [-0.2, 0) is 0 Å². The number of para-hydroxylation sites is 6. The Bertz CT molecular complexity index is 5250. The number of rotatable bonds is 6. The molecule has 0 aliphatic heterocycles. The maximum atomic E-state index is 2.54. The van der Waals surface area contributed by atoms with Gasteiger partial charge in [-0.25, -0.2) is 0 Å². The largest absolute Gasteiger partial charge is 0.0602 e. The number of benzene rings is 14. The van der Waals surface area contributed by atoms with Crippen molar-refractivity contribution >= 4 is 120 Å². The Labute approximate surface area is 461 Å². The molecular weight excluding hydrogens is 1020 g/mol. The SMILES string of the molecule is c1ccc(-n2c3ccccc3c3cccc(-c4c5ccccc5c(-c5ccc6[se]c7cccc(-c8c9ccccc9c(-c9cccc%10c%11ccccc%11n(-c%11ccccc%11)c9%10)c9ccccc89)c7c6c5)c5ccccc45)c32)cc1. The van der Waals surface area contributed by atoms with E-state index >= 15 is 0 Å². The van der Waals surface area contributed by atoms with Crippen molar-refractivity contribution < 1.29 is 0 Å². The second-order valence-corrected chi connectivity index (χ2v) is 23.2. The van der Waals surface area contributed by atoms with E-state index in [1.807, 2.05) is 0 Å². The van der Waals surface area contributed by atoms with Crippen molar-refractivity contribution in [1.29, 1.82) is 0 Å². The Kier molecular flexibility index (Phi) is 9.76. The van der Waals surface area contributed by atoms with E-state index in [1.165, 1.54) is 151 Å². The third-order valence-corrected chi connectivity index (χ3v) is 19.3. The second-order valence-electron chi connectivity index (χ2n) is 21.0. The maximum absolute atomic E-state index is 2.54. The van der Waals surface area contributed by atoms with E-state index in [-0.39, 0.29) is 14.5 Å². The Balaban J connectivity index is 0.914. The molecule has 0 radical (unpaired) electrons. The van der Waals surface area contributed by atoms with Crippen molar-refractivity contribution in [2.45, 2.75) is 0 Å². The van der Waals surface area contributed by atoms with E-state index in [0.29, 0.717) is 0 Å². The summed E-state index contributed by atoms with van der Waals surface area (Å²) < 4.78 is 7.80. The third kappa shape index (κ3) is 6.46. The molecule has 366 valence electrons. The number of hydrogen-bond acceptors (Lipinski definition) is 0. The molecule has 0 atom stereocenters. The van der Waals surface area contributed by atoms with Gasteiger partial charge in [-0.05, 0) is 18.2 Å². The summed E-state index contributed by atoms with van der Waals surface area (Å²) in [7, 11) is 0. The van der Waals surface area contributed by atoms with Crippen molar-refractivity contribution in [3.8, 4) is 55.9 Å². The molecule has 0 bridgehead atoms. The van der Waals surface area contributed by atoms with Crippen LogP contribution in [0.1, 0.15) is 0 Å². The van der Waals surface area contributed by atoms with Crippen LogP contribution in [0.5, 0.6) is 0 Å². The number of fused-ring (bicyclic) bond motifs is 13. The van der Waals surface area contributed by atoms with E-state index in [2.05, 4.69) is 288 Å². The zero-order valence-corrected chi connectivity index (χ0v) is 44.6. The van der Waals surface area contributed by atoms with Crippen LogP contribution in [0.3, 0.4) is 0 Å². The molecule has 17 rings (SSSR count). The van der Waals surface area contributed by atoms with Crippen molar-refractivity contribution in [2.75, 3.05) is 0 Å². The van der Waals surface area contributed by atoms with E-state index < -0.39 is 0 Å². The van der Waals surface area contributed by atoms with Gasteiger partial charge in [0.05, 0.1) is 0 Å². The molecule has 0 N–H and O–H groups in total. The molecular formula is C76H46N2Se. The van der Waals surface area contributed by atoms with Gasteiger partial charge >= 0.3 is 380 Å². The van der Waals surface area contributed by atoms with Crippen molar-refractivity contribution in [3.63, 3.8) is 0 Å². The number of hydrogen-bond donors (Lipinski definition) is 0. The summed E-state index contributed by atoms with van der Waals surface area (Å²) in [6.07, 6.45) is 0. The van der Waals surface area contributed by atoms with Gasteiger partial charge in [-0.15, -0.1) is 0 Å².